The van der Waals surface area contributed by atoms with Crippen molar-refractivity contribution >= 4 is 33.4 Å². The van der Waals surface area contributed by atoms with Crippen LogP contribution in [0.4, 0.5) is 5.69 Å². The molecule has 0 spiro atoms. The van der Waals surface area contributed by atoms with Crippen LogP contribution in [0, 0.1) is 23.2 Å². The van der Waals surface area contributed by atoms with E-state index in [1.165, 1.54) is 24.6 Å². The number of allylic oxidation sites excluding steroid dienone is 2. The third kappa shape index (κ3) is 3.88. The van der Waals surface area contributed by atoms with E-state index >= 15 is 0 Å². The number of hydrogen-bond donors (Lipinski definition) is 1. The fourth-order valence-corrected chi connectivity index (χ4v) is 6.22. The number of aromatic nitrogens is 3. The first-order valence-electron chi connectivity index (χ1n) is 11.1. The molecular weight excluding hydrogens is 472 g/mol. The maximum absolute atomic E-state index is 6.61. The Morgan fingerprint density at radius 1 is 1.26 bits per heavy atom. The van der Waals surface area contributed by atoms with Gasteiger partial charge in [0.15, 0.2) is 11.9 Å². The van der Waals surface area contributed by atoms with E-state index in [-0.39, 0.29) is 6.23 Å². The predicted molar refractivity (Wildman–Crippen MR) is 129 cm³/mol. The van der Waals surface area contributed by atoms with Gasteiger partial charge in [-0.1, -0.05) is 60.1 Å². The minimum Gasteiger partial charge on any atom is -0.452 e. The van der Waals surface area contributed by atoms with Crippen LogP contribution in [0.15, 0.2) is 39.5 Å². The molecule has 1 N–H and O–H groups in total. The second-order valence-corrected chi connectivity index (χ2v) is 11.5. The van der Waals surface area contributed by atoms with Crippen LogP contribution >= 0.6 is 27.7 Å². The molecule has 5 rings (SSSR count). The zero-order chi connectivity index (χ0) is 21.8. The zero-order valence-electron chi connectivity index (χ0n) is 18.5. The summed E-state index contributed by atoms with van der Waals surface area (Å²) in [6, 6.07) is 6.22. The first kappa shape index (κ1) is 21.3. The molecule has 1 fully saturated rings. The minimum atomic E-state index is -0.151. The fraction of sp³-hybridized carbons (Fsp3) is 0.542. The van der Waals surface area contributed by atoms with Gasteiger partial charge < -0.3 is 10.1 Å². The summed E-state index contributed by atoms with van der Waals surface area (Å²) in [4.78, 5) is 4.70. The standard InChI is InChI=1S/C24H29BrN4OS/c1-13-10-14-6-5-9-24(2,3)18(14)12-16(13)21-26-19-8-7-15(25)11-17(19)20-22(30-21)27-23(31-4)29-28-20/h6-8,11,13,16,18,21,26H,5,9-10,12H2,1-4H3/t13-,16-,18-,21+/m0/s1. The second kappa shape index (κ2) is 8.07. The molecule has 4 atom stereocenters. The molecule has 5 nitrogen and oxygen atoms in total. The number of thioether (sulfide) groups is 1. The molecule has 31 heavy (non-hydrogen) atoms. The molecule has 7 heteroatoms. The fourth-order valence-electron chi connectivity index (χ4n) is 5.56. The smallest absolute Gasteiger partial charge is 0.247 e. The summed E-state index contributed by atoms with van der Waals surface area (Å²) in [6.07, 6.45) is 9.07. The van der Waals surface area contributed by atoms with Crippen molar-refractivity contribution in [2.45, 2.75) is 57.8 Å². The van der Waals surface area contributed by atoms with E-state index in [2.05, 4.69) is 76.5 Å². The lowest BCUT2D eigenvalue weighted by Crippen LogP contribution is -2.45. The number of rotatable bonds is 2. The van der Waals surface area contributed by atoms with Crippen molar-refractivity contribution in [1.82, 2.24) is 15.2 Å². The number of anilines is 1. The molecule has 1 aromatic carbocycles. The van der Waals surface area contributed by atoms with Gasteiger partial charge in [0.1, 0.15) is 0 Å². The van der Waals surface area contributed by atoms with Gasteiger partial charge in [0.2, 0.25) is 11.0 Å². The van der Waals surface area contributed by atoms with Crippen molar-refractivity contribution in [1.29, 1.82) is 0 Å². The van der Waals surface area contributed by atoms with Crippen LogP contribution in [-0.4, -0.2) is 27.7 Å². The number of fused-ring (bicyclic) bond motifs is 4. The average molecular weight is 501 g/mol. The number of benzene rings is 1. The molecule has 0 unspecified atom stereocenters. The molecule has 1 saturated carbocycles. The third-order valence-corrected chi connectivity index (χ3v) is 8.39. The second-order valence-electron chi connectivity index (χ2n) is 9.76. The summed E-state index contributed by atoms with van der Waals surface area (Å²) < 4.78 is 7.60. The summed E-state index contributed by atoms with van der Waals surface area (Å²) >= 11 is 5.08. The van der Waals surface area contributed by atoms with E-state index in [1.54, 1.807) is 5.57 Å². The van der Waals surface area contributed by atoms with Crippen molar-refractivity contribution in [2.24, 2.45) is 23.2 Å². The van der Waals surface area contributed by atoms with Crippen molar-refractivity contribution in [2.75, 3.05) is 11.6 Å². The summed E-state index contributed by atoms with van der Waals surface area (Å²) in [5, 5.41) is 13.1. The van der Waals surface area contributed by atoms with Gasteiger partial charge in [0.05, 0.1) is 0 Å². The number of hydrogen-bond acceptors (Lipinski definition) is 6. The van der Waals surface area contributed by atoms with Crippen LogP contribution in [0.3, 0.4) is 0 Å². The minimum absolute atomic E-state index is 0.151. The Balaban J connectivity index is 1.55. The van der Waals surface area contributed by atoms with Gasteiger partial charge in [0.25, 0.3) is 0 Å². The maximum atomic E-state index is 6.61. The Labute approximate surface area is 197 Å². The molecule has 0 radical (unpaired) electrons. The highest BCUT2D eigenvalue weighted by molar-refractivity contribution is 9.10. The summed E-state index contributed by atoms with van der Waals surface area (Å²) in [7, 11) is 0. The molecule has 2 heterocycles. The molecule has 1 aliphatic heterocycles. The van der Waals surface area contributed by atoms with Gasteiger partial charge in [-0.25, -0.2) is 0 Å². The monoisotopic (exact) mass is 500 g/mol. The van der Waals surface area contributed by atoms with Crippen molar-refractivity contribution in [3.8, 4) is 17.1 Å². The lowest BCUT2D eigenvalue weighted by molar-refractivity contribution is 0.0519. The Morgan fingerprint density at radius 2 is 2.10 bits per heavy atom. The highest BCUT2D eigenvalue weighted by Gasteiger charge is 2.44. The van der Waals surface area contributed by atoms with Gasteiger partial charge in [-0.15, -0.1) is 10.2 Å². The number of nitrogens with one attached hydrogen (secondary N) is 1. The zero-order valence-corrected chi connectivity index (χ0v) is 20.9. The number of halogens is 1. The molecule has 164 valence electrons. The van der Waals surface area contributed by atoms with Crippen LogP contribution < -0.4 is 10.1 Å². The van der Waals surface area contributed by atoms with E-state index in [4.69, 9.17) is 9.72 Å². The van der Waals surface area contributed by atoms with Gasteiger partial charge in [-0.3, -0.25) is 0 Å². The molecule has 0 amide bonds. The molecule has 0 bridgehead atoms. The van der Waals surface area contributed by atoms with E-state index in [9.17, 15) is 0 Å². The Kier molecular flexibility index (Phi) is 5.53. The highest BCUT2D eigenvalue weighted by Crippen LogP contribution is 2.52. The lowest BCUT2D eigenvalue weighted by atomic mass is 9.59. The van der Waals surface area contributed by atoms with Gasteiger partial charge in [0, 0.05) is 21.6 Å². The van der Waals surface area contributed by atoms with Crippen LogP contribution in [0.5, 0.6) is 5.88 Å². The number of nitrogens with zero attached hydrogens (tertiary/aromatic N) is 3. The van der Waals surface area contributed by atoms with Crippen molar-refractivity contribution in [3.05, 3.63) is 34.3 Å². The largest absolute Gasteiger partial charge is 0.452 e. The molecule has 2 aromatic rings. The van der Waals surface area contributed by atoms with Crippen LogP contribution in [0.2, 0.25) is 0 Å². The number of ether oxygens (including phenoxy) is 1. The van der Waals surface area contributed by atoms with Crippen molar-refractivity contribution < 1.29 is 4.74 Å². The van der Waals surface area contributed by atoms with Crippen LogP contribution in [-0.2, 0) is 0 Å². The summed E-state index contributed by atoms with van der Waals surface area (Å²) in [6.45, 7) is 7.24. The topological polar surface area (TPSA) is 59.9 Å². The molecule has 0 saturated heterocycles. The van der Waals surface area contributed by atoms with Crippen molar-refractivity contribution in [3.63, 3.8) is 0 Å². The Bertz CT molecular complexity index is 1040. The van der Waals surface area contributed by atoms with Gasteiger partial charge in [-0.2, -0.15) is 4.98 Å². The van der Waals surface area contributed by atoms with Crippen LogP contribution in [0.25, 0.3) is 11.3 Å². The van der Waals surface area contributed by atoms with Gasteiger partial charge >= 0.3 is 0 Å². The van der Waals surface area contributed by atoms with E-state index in [0.29, 0.717) is 39.9 Å². The van der Waals surface area contributed by atoms with E-state index < -0.39 is 0 Å². The first-order chi connectivity index (χ1) is 14.9. The van der Waals surface area contributed by atoms with E-state index in [0.717, 1.165) is 28.6 Å². The van der Waals surface area contributed by atoms with E-state index in [1.807, 2.05) is 6.26 Å². The molecular formula is C24H29BrN4OS. The SMILES string of the molecule is CSc1nnc2c(n1)O[C@H]([C@H]1C[C@H]3C(=CCCC3(C)C)C[C@@H]1C)Nc1ccc(Br)cc1-2. The quantitative estimate of drug-likeness (QED) is 0.371. The molecule has 1 aromatic heterocycles. The van der Waals surface area contributed by atoms with Gasteiger partial charge in [-0.05, 0) is 67.4 Å². The Morgan fingerprint density at radius 3 is 2.90 bits per heavy atom. The average Bonchev–Trinajstić information content (AvgIpc) is 2.89. The molecule has 3 aliphatic rings. The predicted octanol–water partition coefficient (Wildman–Crippen LogP) is 6.56. The third-order valence-electron chi connectivity index (χ3n) is 7.36. The molecule has 2 aliphatic carbocycles. The summed E-state index contributed by atoms with van der Waals surface area (Å²) in [5.74, 6) is 2.11. The first-order valence-corrected chi connectivity index (χ1v) is 13.1. The van der Waals surface area contributed by atoms with Crippen LogP contribution in [0.1, 0.15) is 46.5 Å². The lowest BCUT2D eigenvalue weighted by Gasteiger charge is -2.48. The normalized spacial score (nSPS) is 28.7. The maximum Gasteiger partial charge on any atom is 0.247 e. The summed E-state index contributed by atoms with van der Waals surface area (Å²) in [5.41, 5.74) is 4.69. The highest BCUT2D eigenvalue weighted by atomic mass is 79.9. The Hall–Kier alpha value is -1.60.